The van der Waals surface area contributed by atoms with Crippen LogP contribution in [-0.2, 0) is 5.41 Å². The van der Waals surface area contributed by atoms with Crippen molar-refractivity contribution >= 4 is 23.6 Å². The van der Waals surface area contributed by atoms with Gasteiger partial charge in [0.05, 0.1) is 0 Å². The van der Waals surface area contributed by atoms with Crippen LogP contribution in [0.15, 0.2) is 70.0 Å². The van der Waals surface area contributed by atoms with Crippen molar-refractivity contribution in [3.05, 3.63) is 77.6 Å². The molecule has 0 aliphatic heterocycles. The minimum atomic E-state index is -0.517. The van der Waals surface area contributed by atoms with Gasteiger partial charge in [-0.25, -0.2) is 0 Å². The summed E-state index contributed by atoms with van der Waals surface area (Å²) in [6, 6.07) is 18.5. The molecule has 0 atom stereocenters. The van der Waals surface area contributed by atoms with E-state index in [1.54, 1.807) is 36.0 Å². The van der Waals surface area contributed by atoms with Crippen molar-refractivity contribution in [1.29, 1.82) is 0 Å². The number of hydrazine groups is 1. The van der Waals surface area contributed by atoms with Crippen LogP contribution in [0.5, 0.6) is 0 Å². The highest BCUT2D eigenvalue weighted by Gasteiger charge is 2.16. The molecule has 1 aromatic heterocycles. The van der Waals surface area contributed by atoms with Crippen LogP contribution in [0.4, 0.5) is 0 Å². The van der Waals surface area contributed by atoms with E-state index in [4.69, 9.17) is 4.42 Å². The quantitative estimate of drug-likeness (QED) is 0.469. The molecule has 0 spiro atoms. The molecule has 3 rings (SSSR count). The fourth-order valence-electron chi connectivity index (χ4n) is 2.74. The van der Waals surface area contributed by atoms with Crippen LogP contribution in [0.1, 0.15) is 47.2 Å². The molecule has 29 heavy (non-hydrogen) atoms. The first-order valence-electron chi connectivity index (χ1n) is 9.23. The topological polar surface area (TPSA) is 71.3 Å². The van der Waals surface area contributed by atoms with Crippen LogP contribution >= 0.6 is 11.8 Å². The molecule has 0 aliphatic rings. The molecule has 2 amide bonds. The second-order valence-corrected chi connectivity index (χ2v) is 8.51. The zero-order chi connectivity index (χ0) is 21.0. The molecule has 0 radical (unpaired) electrons. The minimum absolute atomic E-state index is 0.00984. The molecule has 2 aromatic carbocycles. The van der Waals surface area contributed by atoms with Crippen molar-refractivity contribution in [2.24, 2.45) is 0 Å². The lowest BCUT2D eigenvalue weighted by Crippen LogP contribution is -2.41. The predicted octanol–water partition coefficient (Wildman–Crippen LogP) is 5.04. The average molecular weight is 409 g/mol. The molecule has 5 nitrogen and oxygen atoms in total. The smallest absolute Gasteiger partial charge is 0.305 e. The van der Waals surface area contributed by atoms with Crippen LogP contribution in [-0.4, -0.2) is 18.1 Å². The number of hydrogen-bond donors (Lipinski definition) is 2. The predicted molar refractivity (Wildman–Crippen MR) is 116 cm³/mol. The summed E-state index contributed by atoms with van der Waals surface area (Å²) >= 11 is 1.66. The summed E-state index contributed by atoms with van der Waals surface area (Å²) in [4.78, 5) is 25.7. The van der Waals surface area contributed by atoms with Crippen molar-refractivity contribution in [2.45, 2.75) is 31.1 Å². The van der Waals surface area contributed by atoms with Crippen molar-refractivity contribution in [1.82, 2.24) is 10.9 Å². The van der Waals surface area contributed by atoms with E-state index in [1.165, 1.54) is 0 Å². The number of amides is 2. The van der Waals surface area contributed by atoms with Gasteiger partial charge < -0.3 is 4.42 Å². The second-order valence-electron chi connectivity index (χ2n) is 7.63. The number of benzene rings is 2. The van der Waals surface area contributed by atoms with Gasteiger partial charge in [0.2, 0.25) is 0 Å². The maximum atomic E-state index is 12.3. The molecule has 0 bridgehead atoms. The first-order chi connectivity index (χ1) is 13.8. The third-order valence-corrected chi connectivity index (χ3v) is 5.25. The summed E-state index contributed by atoms with van der Waals surface area (Å²) in [5.41, 5.74) is 7.29. The van der Waals surface area contributed by atoms with Crippen molar-refractivity contribution in [3.63, 3.8) is 0 Å². The van der Waals surface area contributed by atoms with Gasteiger partial charge >= 0.3 is 5.91 Å². The van der Waals surface area contributed by atoms with E-state index in [9.17, 15) is 9.59 Å². The number of nitrogens with one attached hydrogen (secondary N) is 2. The van der Waals surface area contributed by atoms with Crippen LogP contribution in [0.3, 0.4) is 0 Å². The Morgan fingerprint density at radius 1 is 0.828 bits per heavy atom. The lowest BCUT2D eigenvalue weighted by atomic mass is 9.87. The third kappa shape index (κ3) is 5.09. The van der Waals surface area contributed by atoms with E-state index >= 15 is 0 Å². The Hall–Kier alpha value is -2.99. The van der Waals surface area contributed by atoms with Gasteiger partial charge in [0.15, 0.2) is 5.76 Å². The summed E-state index contributed by atoms with van der Waals surface area (Å²) in [6.07, 6.45) is 2.01. The molecule has 0 aliphatic carbocycles. The Bertz CT molecular complexity index is 1000. The fraction of sp³-hybridized carbons (Fsp3) is 0.217. The largest absolute Gasteiger partial charge is 0.451 e. The second kappa shape index (κ2) is 8.57. The van der Waals surface area contributed by atoms with Gasteiger partial charge in [-0.1, -0.05) is 45.0 Å². The summed E-state index contributed by atoms with van der Waals surface area (Å²) in [6.45, 7) is 6.32. The Labute approximate surface area is 174 Å². The number of carbonyl (C=O) groups is 2. The molecule has 3 aromatic rings. The van der Waals surface area contributed by atoms with Gasteiger partial charge in [-0.3, -0.25) is 20.4 Å². The van der Waals surface area contributed by atoms with Crippen LogP contribution in [0, 0.1) is 0 Å². The molecule has 0 saturated heterocycles. The summed E-state index contributed by atoms with van der Waals surface area (Å²) in [5.74, 6) is -0.195. The molecule has 0 unspecified atom stereocenters. The van der Waals surface area contributed by atoms with E-state index in [-0.39, 0.29) is 11.2 Å². The molecule has 2 N–H and O–H groups in total. The fourth-order valence-corrected chi connectivity index (χ4v) is 3.15. The average Bonchev–Trinajstić information content (AvgIpc) is 3.21. The zero-order valence-electron chi connectivity index (χ0n) is 16.9. The van der Waals surface area contributed by atoms with Crippen molar-refractivity contribution < 1.29 is 14.0 Å². The number of rotatable bonds is 4. The summed E-state index contributed by atoms with van der Waals surface area (Å²) < 4.78 is 5.63. The molecule has 0 saturated carbocycles. The normalized spacial score (nSPS) is 11.2. The summed E-state index contributed by atoms with van der Waals surface area (Å²) in [5, 5.41) is 0. The highest BCUT2D eigenvalue weighted by atomic mass is 32.2. The SMILES string of the molecule is CSc1ccc(-c2ccc(C(=O)NNC(=O)c3ccc(C(C)(C)C)cc3)o2)cc1. The Kier molecular flexibility index (Phi) is 6.13. The minimum Gasteiger partial charge on any atom is -0.451 e. The van der Waals surface area contributed by atoms with E-state index in [1.807, 2.05) is 42.7 Å². The van der Waals surface area contributed by atoms with Crippen LogP contribution < -0.4 is 10.9 Å². The Morgan fingerprint density at radius 2 is 1.45 bits per heavy atom. The van der Waals surface area contributed by atoms with Gasteiger partial charge in [-0.15, -0.1) is 11.8 Å². The zero-order valence-corrected chi connectivity index (χ0v) is 17.7. The van der Waals surface area contributed by atoms with Gasteiger partial charge in [-0.05, 0) is 53.6 Å². The highest BCUT2D eigenvalue weighted by molar-refractivity contribution is 7.98. The molecular weight excluding hydrogens is 384 g/mol. The Balaban J connectivity index is 1.60. The lowest BCUT2D eigenvalue weighted by Gasteiger charge is -2.19. The van der Waals surface area contributed by atoms with Gasteiger partial charge in [0.1, 0.15) is 5.76 Å². The molecule has 150 valence electrons. The first kappa shape index (κ1) is 20.7. The number of thioether (sulfide) groups is 1. The lowest BCUT2D eigenvalue weighted by molar-refractivity contribution is 0.0831. The molecule has 1 heterocycles. The van der Waals surface area contributed by atoms with Gasteiger partial charge in [0.25, 0.3) is 5.91 Å². The number of furan rings is 1. The highest BCUT2D eigenvalue weighted by Crippen LogP contribution is 2.25. The number of hydrogen-bond acceptors (Lipinski definition) is 4. The maximum Gasteiger partial charge on any atom is 0.305 e. The standard InChI is InChI=1S/C23H24N2O3S/c1-23(2,3)17-9-5-16(6-10-17)21(26)24-25-22(27)20-14-13-19(28-20)15-7-11-18(29-4)12-8-15/h5-14H,1-4H3,(H,24,26)(H,25,27). The monoisotopic (exact) mass is 408 g/mol. The molecule has 0 fully saturated rings. The van der Waals surface area contributed by atoms with E-state index < -0.39 is 11.8 Å². The van der Waals surface area contributed by atoms with Gasteiger partial charge in [-0.2, -0.15) is 0 Å². The van der Waals surface area contributed by atoms with Crippen molar-refractivity contribution in [3.8, 4) is 11.3 Å². The summed E-state index contributed by atoms with van der Waals surface area (Å²) in [7, 11) is 0. The van der Waals surface area contributed by atoms with Crippen LogP contribution in [0.2, 0.25) is 0 Å². The third-order valence-electron chi connectivity index (χ3n) is 4.51. The molecular formula is C23H24N2O3S. The maximum absolute atomic E-state index is 12.3. The van der Waals surface area contributed by atoms with Crippen LogP contribution in [0.25, 0.3) is 11.3 Å². The van der Waals surface area contributed by atoms with E-state index in [0.29, 0.717) is 11.3 Å². The van der Waals surface area contributed by atoms with E-state index in [2.05, 4.69) is 31.6 Å². The van der Waals surface area contributed by atoms with Gasteiger partial charge in [0, 0.05) is 16.0 Å². The molecule has 6 heteroatoms. The first-order valence-corrected chi connectivity index (χ1v) is 10.5. The number of carbonyl (C=O) groups excluding carboxylic acids is 2. The van der Waals surface area contributed by atoms with E-state index in [0.717, 1.165) is 16.0 Å². The van der Waals surface area contributed by atoms with Crippen molar-refractivity contribution in [2.75, 3.05) is 6.26 Å². The Morgan fingerprint density at radius 3 is 2.03 bits per heavy atom.